The summed E-state index contributed by atoms with van der Waals surface area (Å²) in [7, 11) is 0. The van der Waals surface area contributed by atoms with Crippen molar-refractivity contribution in [1.29, 1.82) is 0 Å². The Balaban J connectivity index is 1.91. The molecular formula is C16H15N3S. The lowest BCUT2D eigenvalue weighted by Crippen LogP contribution is -1.85. The minimum absolute atomic E-state index is 0.758. The van der Waals surface area contributed by atoms with E-state index in [-0.39, 0.29) is 0 Å². The predicted octanol–water partition coefficient (Wildman–Crippen LogP) is 4.05. The summed E-state index contributed by atoms with van der Waals surface area (Å²) >= 11 is 1.74. The molecule has 1 heterocycles. The lowest BCUT2D eigenvalue weighted by molar-refractivity contribution is 1.31. The maximum atomic E-state index is 5.70. The summed E-state index contributed by atoms with van der Waals surface area (Å²) in [6.45, 7) is 0. The largest absolute Gasteiger partial charge is 0.399 e. The molecule has 3 nitrogen and oxygen atoms in total. The van der Waals surface area contributed by atoms with Crippen molar-refractivity contribution in [2.75, 3.05) is 12.0 Å². The second kappa shape index (κ2) is 5.43. The summed E-state index contributed by atoms with van der Waals surface area (Å²) in [5, 5.41) is 0. The van der Waals surface area contributed by atoms with E-state index in [1.54, 1.807) is 11.8 Å². The van der Waals surface area contributed by atoms with Crippen molar-refractivity contribution in [3.63, 3.8) is 0 Å². The van der Waals surface area contributed by atoms with Gasteiger partial charge in [-0.05, 0) is 48.2 Å². The van der Waals surface area contributed by atoms with Crippen LogP contribution in [-0.2, 0) is 0 Å². The number of nitrogens with zero attached hydrogens (tertiary/aromatic N) is 1. The molecule has 0 unspecified atom stereocenters. The molecule has 0 spiro atoms. The van der Waals surface area contributed by atoms with Gasteiger partial charge >= 0.3 is 0 Å². The molecule has 0 atom stereocenters. The summed E-state index contributed by atoms with van der Waals surface area (Å²) in [6.07, 6.45) is 3.93. The molecule has 0 aliphatic heterocycles. The Bertz CT molecular complexity index is 699. The number of H-pyrrole nitrogens is 1. The zero-order valence-electron chi connectivity index (χ0n) is 11.1. The van der Waals surface area contributed by atoms with Crippen LogP contribution in [0.4, 0.5) is 5.69 Å². The summed E-state index contributed by atoms with van der Waals surface area (Å²) in [6, 6.07) is 16.1. The van der Waals surface area contributed by atoms with Gasteiger partial charge in [0.15, 0.2) is 0 Å². The highest BCUT2D eigenvalue weighted by Gasteiger charge is 2.05. The maximum absolute atomic E-state index is 5.70. The number of imidazole rings is 1. The van der Waals surface area contributed by atoms with E-state index in [1.165, 1.54) is 4.90 Å². The molecule has 2 aromatic carbocycles. The van der Waals surface area contributed by atoms with E-state index in [0.717, 1.165) is 28.3 Å². The zero-order chi connectivity index (χ0) is 13.9. The summed E-state index contributed by atoms with van der Waals surface area (Å²) in [4.78, 5) is 9.03. The molecular weight excluding hydrogens is 266 g/mol. The highest BCUT2D eigenvalue weighted by molar-refractivity contribution is 7.98. The fraction of sp³-hybridized carbons (Fsp3) is 0.0625. The fourth-order valence-electron chi connectivity index (χ4n) is 2.03. The lowest BCUT2D eigenvalue weighted by atomic mass is 10.2. The molecule has 0 saturated heterocycles. The highest BCUT2D eigenvalue weighted by Crippen LogP contribution is 2.24. The van der Waals surface area contributed by atoms with Crippen LogP contribution in [0.3, 0.4) is 0 Å². The van der Waals surface area contributed by atoms with E-state index in [4.69, 9.17) is 5.73 Å². The van der Waals surface area contributed by atoms with Crippen molar-refractivity contribution in [3.8, 4) is 22.6 Å². The molecule has 3 rings (SSSR count). The van der Waals surface area contributed by atoms with E-state index in [2.05, 4.69) is 40.5 Å². The first-order valence-corrected chi connectivity index (χ1v) is 7.54. The average Bonchev–Trinajstić information content (AvgIpc) is 2.98. The van der Waals surface area contributed by atoms with Crippen molar-refractivity contribution in [2.24, 2.45) is 0 Å². The molecule has 0 bridgehead atoms. The van der Waals surface area contributed by atoms with E-state index < -0.39 is 0 Å². The van der Waals surface area contributed by atoms with Gasteiger partial charge in [0.25, 0.3) is 0 Å². The van der Waals surface area contributed by atoms with Crippen LogP contribution in [0.15, 0.2) is 59.6 Å². The molecule has 20 heavy (non-hydrogen) atoms. The highest BCUT2D eigenvalue weighted by atomic mass is 32.2. The molecule has 0 fully saturated rings. The zero-order valence-corrected chi connectivity index (χ0v) is 11.9. The molecule has 0 amide bonds. The topological polar surface area (TPSA) is 54.7 Å². The minimum Gasteiger partial charge on any atom is -0.399 e. The number of nitrogens with two attached hydrogens (primary N) is 1. The first-order chi connectivity index (χ1) is 9.76. The van der Waals surface area contributed by atoms with Crippen LogP contribution in [0.2, 0.25) is 0 Å². The van der Waals surface area contributed by atoms with Gasteiger partial charge in [0.1, 0.15) is 5.82 Å². The van der Waals surface area contributed by atoms with Crippen molar-refractivity contribution < 1.29 is 0 Å². The Morgan fingerprint density at radius 1 is 0.950 bits per heavy atom. The number of aromatic amines is 1. The van der Waals surface area contributed by atoms with Crippen molar-refractivity contribution in [3.05, 3.63) is 54.7 Å². The number of aromatic nitrogens is 2. The van der Waals surface area contributed by atoms with Gasteiger partial charge in [-0.2, -0.15) is 0 Å². The average molecular weight is 281 g/mol. The number of anilines is 1. The predicted molar refractivity (Wildman–Crippen MR) is 85.7 cm³/mol. The van der Waals surface area contributed by atoms with Gasteiger partial charge in [-0.25, -0.2) is 4.98 Å². The van der Waals surface area contributed by atoms with Gasteiger partial charge in [-0.15, -0.1) is 11.8 Å². The van der Waals surface area contributed by atoms with E-state index >= 15 is 0 Å². The fourth-order valence-corrected chi connectivity index (χ4v) is 2.43. The number of hydrogen-bond donors (Lipinski definition) is 2. The van der Waals surface area contributed by atoms with Crippen LogP contribution in [0.5, 0.6) is 0 Å². The third-order valence-electron chi connectivity index (χ3n) is 3.16. The van der Waals surface area contributed by atoms with Gasteiger partial charge in [0, 0.05) is 16.1 Å². The summed E-state index contributed by atoms with van der Waals surface area (Å²) in [5.74, 6) is 0.856. The number of nitrogens with one attached hydrogen (secondary N) is 1. The summed E-state index contributed by atoms with van der Waals surface area (Å²) < 4.78 is 0. The number of nitrogen functional groups attached to an aromatic ring is 1. The number of thioether (sulfide) groups is 1. The first-order valence-electron chi connectivity index (χ1n) is 6.31. The van der Waals surface area contributed by atoms with Crippen molar-refractivity contribution >= 4 is 17.4 Å². The van der Waals surface area contributed by atoms with Crippen LogP contribution in [0.25, 0.3) is 22.6 Å². The monoisotopic (exact) mass is 281 g/mol. The third-order valence-corrected chi connectivity index (χ3v) is 3.90. The van der Waals surface area contributed by atoms with Crippen LogP contribution in [0, 0.1) is 0 Å². The molecule has 0 aliphatic carbocycles. The minimum atomic E-state index is 0.758. The van der Waals surface area contributed by atoms with Gasteiger partial charge in [-0.1, -0.05) is 12.1 Å². The lowest BCUT2D eigenvalue weighted by Gasteiger charge is -2.00. The van der Waals surface area contributed by atoms with E-state index in [0.29, 0.717) is 0 Å². The molecule has 100 valence electrons. The van der Waals surface area contributed by atoms with Gasteiger partial charge in [-0.3, -0.25) is 0 Å². The third kappa shape index (κ3) is 2.56. The van der Waals surface area contributed by atoms with Crippen LogP contribution >= 0.6 is 11.8 Å². The van der Waals surface area contributed by atoms with Gasteiger partial charge < -0.3 is 10.7 Å². The number of hydrogen-bond acceptors (Lipinski definition) is 3. The second-order valence-electron chi connectivity index (χ2n) is 4.50. The van der Waals surface area contributed by atoms with E-state index in [9.17, 15) is 0 Å². The Morgan fingerprint density at radius 2 is 1.60 bits per heavy atom. The van der Waals surface area contributed by atoms with Gasteiger partial charge in [0.05, 0.1) is 11.9 Å². The van der Waals surface area contributed by atoms with Crippen LogP contribution < -0.4 is 5.73 Å². The molecule has 3 N–H and O–H groups in total. The molecule has 0 saturated carbocycles. The first kappa shape index (κ1) is 12.8. The van der Waals surface area contributed by atoms with Crippen LogP contribution in [-0.4, -0.2) is 16.2 Å². The van der Waals surface area contributed by atoms with Gasteiger partial charge in [0.2, 0.25) is 0 Å². The Kier molecular flexibility index (Phi) is 3.48. The van der Waals surface area contributed by atoms with Crippen molar-refractivity contribution in [2.45, 2.75) is 4.90 Å². The second-order valence-corrected chi connectivity index (χ2v) is 5.38. The normalized spacial score (nSPS) is 10.7. The van der Waals surface area contributed by atoms with Crippen molar-refractivity contribution in [1.82, 2.24) is 9.97 Å². The standard InChI is InChI=1S/C16H15N3S/c1-20-14-8-4-11(5-9-14)15-10-18-16(19-15)12-2-6-13(17)7-3-12/h2-10H,17H2,1H3,(H,18,19). The van der Waals surface area contributed by atoms with E-state index in [1.807, 2.05) is 30.5 Å². The smallest absolute Gasteiger partial charge is 0.137 e. The molecule has 3 aromatic rings. The molecule has 0 aliphatic rings. The summed E-state index contributed by atoms with van der Waals surface area (Å²) in [5.41, 5.74) is 9.64. The van der Waals surface area contributed by atoms with Crippen LogP contribution in [0.1, 0.15) is 0 Å². The quantitative estimate of drug-likeness (QED) is 0.562. The Labute approximate surface area is 122 Å². The SMILES string of the molecule is CSc1ccc(-c2cnc(-c3ccc(N)cc3)[nH]2)cc1. The Morgan fingerprint density at radius 3 is 2.25 bits per heavy atom. The molecule has 0 radical (unpaired) electrons. The number of benzene rings is 2. The Hall–Kier alpha value is -2.20. The molecule has 4 heteroatoms. The molecule has 1 aromatic heterocycles. The maximum Gasteiger partial charge on any atom is 0.137 e. The number of rotatable bonds is 3.